The molecule has 8 heteroatoms. The van der Waals surface area contributed by atoms with Gasteiger partial charge in [-0.15, -0.1) is 0 Å². The minimum absolute atomic E-state index is 0.0735. The molecule has 0 saturated heterocycles. The number of halogens is 2. The van der Waals surface area contributed by atoms with Gasteiger partial charge in [-0.25, -0.2) is 13.8 Å². The Kier molecular flexibility index (Phi) is 4.34. The SMILES string of the molecule is C[C@@H]1CC(=O)C2=C(C1)NC(Nc1nc3ccccc3o1)=N[C@@H]2c1cc(F)cc(F)c1. The Morgan fingerprint density at radius 3 is 2.67 bits per heavy atom. The van der Waals surface area contributed by atoms with Crippen molar-refractivity contribution in [2.24, 2.45) is 10.9 Å². The number of nitrogens with one attached hydrogen (secondary N) is 2. The van der Waals surface area contributed by atoms with E-state index in [0.717, 1.165) is 6.07 Å². The van der Waals surface area contributed by atoms with E-state index in [1.807, 2.05) is 25.1 Å². The van der Waals surface area contributed by atoms with Crippen LogP contribution in [0.15, 0.2) is 63.1 Å². The second kappa shape index (κ2) is 7.05. The first-order chi connectivity index (χ1) is 14.5. The number of hydrogen-bond donors (Lipinski definition) is 2. The van der Waals surface area contributed by atoms with Gasteiger partial charge in [-0.05, 0) is 42.2 Å². The molecule has 30 heavy (non-hydrogen) atoms. The first kappa shape index (κ1) is 18.5. The number of ketones is 1. The van der Waals surface area contributed by atoms with Gasteiger partial charge in [0.15, 0.2) is 11.4 Å². The quantitative estimate of drug-likeness (QED) is 0.654. The topological polar surface area (TPSA) is 79.5 Å². The summed E-state index contributed by atoms with van der Waals surface area (Å²) in [5, 5.41) is 6.14. The monoisotopic (exact) mass is 408 g/mol. The van der Waals surface area contributed by atoms with Crippen LogP contribution < -0.4 is 10.6 Å². The molecule has 3 aromatic rings. The molecule has 1 aromatic heterocycles. The van der Waals surface area contributed by atoms with Gasteiger partial charge in [-0.2, -0.15) is 4.98 Å². The van der Waals surface area contributed by atoms with Crippen LogP contribution in [-0.2, 0) is 4.79 Å². The highest BCUT2D eigenvalue weighted by molar-refractivity contribution is 6.03. The summed E-state index contributed by atoms with van der Waals surface area (Å²) >= 11 is 0. The van der Waals surface area contributed by atoms with Crippen LogP contribution in [0.3, 0.4) is 0 Å². The van der Waals surface area contributed by atoms with Gasteiger partial charge in [0.2, 0.25) is 5.96 Å². The highest BCUT2D eigenvalue weighted by atomic mass is 19.1. The lowest BCUT2D eigenvalue weighted by atomic mass is 9.81. The summed E-state index contributed by atoms with van der Waals surface area (Å²) in [7, 11) is 0. The summed E-state index contributed by atoms with van der Waals surface area (Å²) in [6, 6.07) is 9.92. The second-order valence-electron chi connectivity index (χ2n) is 7.65. The van der Waals surface area contributed by atoms with Crippen LogP contribution in [0.5, 0.6) is 0 Å². The molecule has 0 spiro atoms. The van der Waals surface area contributed by atoms with E-state index in [1.54, 1.807) is 6.07 Å². The number of aromatic nitrogens is 1. The van der Waals surface area contributed by atoms with Crippen molar-refractivity contribution in [2.75, 3.05) is 5.32 Å². The predicted octanol–water partition coefficient (Wildman–Crippen LogP) is 4.47. The molecule has 0 fully saturated rings. The van der Waals surface area contributed by atoms with Crippen LogP contribution in [-0.4, -0.2) is 16.7 Å². The Bertz CT molecular complexity index is 1180. The number of benzene rings is 2. The van der Waals surface area contributed by atoms with Crippen molar-refractivity contribution < 1.29 is 18.0 Å². The highest BCUT2D eigenvalue weighted by Crippen LogP contribution is 2.38. The van der Waals surface area contributed by atoms with Crippen LogP contribution in [0.2, 0.25) is 0 Å². The van der Waals surface area contributed by atoms with Crippen molar-refractivity contribution >= 4 is 28.9 Å². The summed E-state index contributed by atoms with van der Waals surface area (Å²) in [6.07, 6.45) is 1.00. The van der Waals surface area contributed by atoms with Crippen molar-refractivity contribution in [2.45, 2.75) is 25.8 Å². The van der Waals surface area contributed by atoms with E-state index in [4.69, 9.17) is 4.42 Å². The number of carbonyl (C=O) groups is 1. The van der Waals surface area contributed by atoms with Gasteiger partial charge in [0.1, 0.15) is 23.2 Å². The molecule has 152 valence electrons. The number of allylic oxidation sites excluding steroid dienone is 1. The number of oxazole rings is 1. The minimum Gasteiger partial charge on any atom is -0.423 e. The van der Waals surface area contributed by atoms with Crippen LogP contribution >= 0.6 is 0 Å². The molecular formula is C22H18F2N4O2. The Balaban J connectivity index is 1.55. The summed E-state index contributed by atoms with van der Waals surface area (Å²) in [6.45, 7) is 1.99. The number of para-hydroxylation sites is 2. The van der Waals surface area contributed by atoms with E-state index in [-0.39, 0.29) is 23.3 Å². The van der Waals surface area contributed by atoms with Crippen LogP contribution in [0, 0.1) is 17.6 Å². The Hall–Kier alpha value is -3.55. The standard InChI is InChI=1S/C22H18F2N4O2/c1-11-6-16-19(17(29)7-11)20(12-8-13(23)10-14(24)9-12)27-21(25-16)28-22-26-15-4-2-3-5-18(15)30-22/h2-5,8-11,20H,6-7H2,1H3,(H2,25,26,27,28)/t11-,20+/m0/s1. The molecule has 1 aliphatic heterocycles. The lowest BCUT2D eigenvalue weighted by Gasteiger charge is -2.32. The normalized spacial score (nSPS) is 21.3. The van der Waals surface area contributed by atoms with Crippen molar-refractivity contribution in [3.63, 3.8) is 0 Å². The van der Waals surface area contributed by atoms with E-state index in [1.165, 1.54) is 12.1 Å². The first-order valence-electron chi connectivity index (χ1n) is 9.66. The van der Waals surface area contributed by atoms with Crippen LogP contribution in [0.25, 0.3) is 11.1 Å². The smallest absolute Gasteiger partial charge is 0.302 e. The number of guanidine groups is 1. The van der Waals surface area contributed by atoms with Crippen LogP contribution in [0.4, 0.5) is 14.8 Å². The summed E-state index contributed by atoms with van der Waals surface area (Å²) in [5.74, 6) is -1.05. The zero-order valence-corrected chi connectivity index (χ0v) is 16.1. The number of fused-ring (bicyclic) bond motifs is 1. The van der Waals surface area contributed by atoms with E-state index in [2.05, 4.69) is 20.6 Å². The molecule has 0 bridgehead atoms. The molecule has 0 radical (unpaired) electrons. The average Bonchev–Trinajstić information content (AvgIpc) is 3.08. The van der Waals surface area contributed by atoms with Gasteiger partial charge >= 0.3 is 6.01 Å². The number of carbonyl (C=O) groups excluding carboxylic acids is 1. The fraction of sp³-hybridized carbons (Fsp3) is 0.227. The van der Waals surface area contributed by atoms with Crippen molar-refractivity contribution in [1.82, 2.24) is 10.3 Å². The molecule has 0 unspecified atom stereocenters. The Morgan fingerprint density at radius 2 is 1.90 bits per heavy atom. The number of nitrogens with zero attached hydrogens (tertiary/aromatic N) is 2. The fourth-order valence-corrected chi connectivity index (χ4v) is 3.99. The molecule has 2 aliphatic rings. The maximum atomic E-state index is 13.9. The molecule has 2 aromatic carbocycles. The van der Waals surface area contributed by atoms with E-state index in [0.29, 0.717) is 41.2 Å². The highest BCUT2D eigenvalue weighted by Gasteiger charge is 2.35. The molecule has 6 nitrogen and oxygen atoms in total. The molecule has 0 amide bonds. The fourth-order valence-electron chi connectivity index (χ4n) is 3.99. The van der Waals surface area contributed by atoms with Gasteiger partial charge in [-0.1, -0.05) is 19.1 Å². The number of hydrogen-bond acceptors (Lipinski definition) is 6. The van der Waals surface area contributed by atoms with E-state index in [9.17, 15) is 13.6 Å². The number of anilines is 1. The largest absolute Gasteiger partial charge is 0.423 e. The van der Waals surface area contributed by atoms with E-state index < -0.39 is 17.7 Å². The maximum absolute atomic E-state index is 13.9. The minimum atomic E-state index is -0.821. The third kappa shape index (κ3) is 3.34. The Labute approximate surface area is 170 Å². The van der Waals surface area contributed by atoms with Gasteiger partial charge < -0.3 is 9.73 Å². The van der Waals surface area contributed by atoms with Gasteiger partial charge in [-0.3, -0.25) is 10.1 Å². The van der Waals surface area contributed by atoms with Crippen molar-refractivity contribution in [1.29, 1.82) is 0 Å². The lowest BCUT2D eigenvalue weighted by molar-refractivity contribution is -0.117. The zero-order chi connectivity index (χ0) is 20.8. The molecule has 2 heterocycles. The van der Waals surface area contributed by atoms with Gasteiger partial charge in [0.25, 0.3) is 0 Å². The number of rotatable bonds is 2. The van der Waals surface area contributed by atoms with Crippen molar-refractivity contribution in [3.8, 4) is 0 Å². The summed E-state index contributed by atoms with van der Waals surface area (Å²) in [4.78, 5) is 21.7. The van der Waals surface area contributed by atoms with Gasteiger partial charge in [0.05, 0.1) is 0 Å². The second-order valence-corrected chi connectivity index (χ2v) is 7.65. The van der Waals surface area contributed by atoms with E-state index >= 15 is 0 Å². The third-order valence-electron chi connectivity index (χ3n) is 5.23. The van der Waals surface area contributed by atoms with Gasteiger partial charge in [0, 0.05) is 23.8 Å². The molecule has 0 saturated carbocycles. The molecule has 2 atom stereocenters. The van der Waals surface area contributed by atoms with Crippen molar-refractivity contribution in [3.05, 3.63) is 70.9 Å². The summed E-state index contributed by atoms with van der Waals surface area (Å²) < 4.78 is 33.4. The number of Topliss-reactive ketones (excluding diaryl/α,β-unsaturated/α-hetero) is 1. The number of aliphatic imine (C=N–C) groups is 1. The predicted molar refractivity (Wildman–Crippen MR) is 108 cm³/mol. The zero-order valence-electron chi connectivity index (χ0n) is 16.1. The Morgan fingerprint density at radius 1 is 1.13 bits per heavy atom. The molecular weight excluding hydrogens is 390 g/mol. The third-order valence-corrected chi connectivity index (χ3v) is 5.23. The maximum Gasteiger partial charge on any atom is 0.302 e. The first-order valence-corrected chi connectivity index (χ1v) is 9.66. The average molecular weight is 408 g/mol. The van der Waals surface area contributed by atoms with Crippen LogP contribution in [0.1, 0.15) is 31.4 Å². The molecule has 1 aliphatic carbocycles. The molecule has 2 N–H and O–H groups in total. The lowest BCUT2D eigenvalue weighted by Crippen LogP contribution is -2.40. The molecule has 5 rings (SSSR count). The summed E-state index contributed by atoms with van der Waals surface area (Å²) in [5.41, 5.74) is 2.72.